The van der Waals surface area contributed by atoms with Crippen LogP contribution in [0.3, 0.4) is 0 Å². The number of hydrogen-bond acceptors (Lipinski definition) is 4. The quantitative estimate of drug-likeness (QED) is 0.296. The zero-order chi connectivity index (χ0) is 5.15. The van der Waals surface area contributed by atoms with E-state index < -0.39 is 17.3 Å². The van der Waals surface area contributed by atoms with Gasteiger partial charge in [0.05, 0.1) is 0 Å². The second kappa shape index (κ2) is 2.30. The lowest BCUT2D eigenvalue weighted by atomic mass is 10.4. The monoisotopic (exact) mass is 109 g/mol. The molecule has 0 fully saturated rings. The first-order valence-electron chi connectivity index (χ1n) is 1.09. The molecule has 0 spiro atoms. The fraction of sp³-hybridized carbons (Fsp3) is 0. The van der Waals surface area contributed by atoms with Crippen molar-refractivity contribution in [1.29, 1.82) is 0 Å². The van der Waals surface area contributed by atoms with Crippen LogP contribution in [0.1, 0.15) is 0 Å². The molecule has 0 rings (SSSR count). The van der Waals surface area contributed by atoms with Gasteiger partial charge in [0.2, 0.25) is 0 Å². The lowest BCUT2D eigenvalue weighted by Gasteiger charge is -1.97. The van der Waals surface area contributed by atoms with E-state index in [9.17, 15) is 8.76 Å². The molecule has 0 aliphatic carbocycles. The average Bonchev–Trinajstić information content (AvgIpc) is 1.36. The summed E-state index contributed by atoms with van der Waals surface area (Å²) in [6.07, 6.45) is -2.23. The van der Waals surface area contributed by atoms with E-state index in [4.69, 9.17) is 10.0 Å². The van der Waals surface area contributed by atoms with E-state index in [1.165, 1.54) is 0 Å². The Morgan fingerprint density at radius 2 is 1.83 bits per heavy atom. The Bertz CT molecular complexity index is 58.6. The third-order valence-corrected chi connectivity index (χ3v) is 0.516. The predicted octanol–water partition coefficient (Wildman–Crippen LogP) is -2.17. The van der Waals surface area contributed by atoms with Gasteiger partial charge in [0, 0.05) is 0 Å². The first kappa shape index (κ1) is 6.09. The van der Waals surface area contributed by atoms with E-state index >= 15 is 0 Å². The molecule has 6 heavy (non-hydrogen) atoms. The summed E-state index contributed by atoms with van der Waals surface area (Å²) < 4.78 is 18.4. The topological polar surface area (TPSA) is 80.6 Å². The summed E-state index contributed by atoms with van der Waals surface area (Å²) in [5.74, 6) is 0. The normalized spacial score (nSPS) is 13.8. The van der Waals surface area contributed by atoms with Crippen molar-refractivity contribution < 1.29 is 18.8 Å². The molecule has 0 saturated heterocycles. The zero-order valence-electron chi connectivity index (χ0n) is 2.70. The van der Waals surface area contributed by atoms with Gasteiger partial charge in [0.15, 0.2) is 0 Å². The van der Waals surface area contributed by atoms with Crippen molar-refractivity contribution in [3.63, 3.8) is 0 Å². The van der Waals surface area contributed by atoms with Gasteiger partial charge in [-0.1, -0.05) is 0 Å². The van der Waals surface area contributed by atoms with Crippen LogP contribution in [-0.2, 0) is 10.9 Å². The highest BCUT2D eigenvalue weighted by molar-refractivity contribution is 8.06. The third kappa shape index (κ3) is 2.34. The van der Waals surface area contributed by atoms with Crippen LogP contribution in [0.25, 0.3) is 0 Å². The Morgan fingerprint density at radius 3 is 1.83 bits per heavy atom. The third-order valence-electron chi connectivity index (χ3n) is 0.172. The van der Waals surface area contributed by atoms with Crippen LogP contribution in [0.4, 0.5) is 0 Å². The average molecular weight is 109 g/mol. The van der Waals surface area contributed by atoms with Crippen LogP contribution in [0.2, 0.25) is 0 Å². The maximum absolute atomic E-state index is 9.20. The van der Waals surface area contributed by atoms with Crippen LogP contribution in [-0.4, -0.2) is 25.2 Å². The minimum absolute atomic E-state index is 2.23. The maximum atomic E-state index is 9.20. The van der Waals surface area contributed by atoms with Gasteiger partial charge < -0.3 is 14.6 Å². The van der Waals surface area contributed by atoms with E-state index in [0.29, 0.717) is 0 Å². The Kier molecular flexibility index (Phi) is 2.34. The van der Waals surface area contributed by atoms with Gasteiger partial charge in [-0.15, -0.1) is 0 Å². The van der Waals surface area contributed by atoms with Gasteiger partial charge >= 0.3 is 6.40 Å². The number of hydrogen-bond donors (Lipinski definition) is 2. The molecule has 2 N–H and O–H groups in total. The molecule has 0 saturated carbocycles. The van der Waals surface area contributed by atoms with Gasteiger partial charge in [-0.2, -0.15) is 0 Å². The molecule has 0 aromatic rings. The Hall–Kier alpha value is 0.0949. The molecular weight excluding hydrogens is 107 g/mol. The highest BCUT2D eigenvalue weighted by Gasteiger charge is 2.03. The summed E-state index contributed by atoms with van der Waals surface area (Å²) in [5.41, 5.74) is 0. The lowest BCUT2D eigenvalue weighted by molar-refractivity contribution is 0.421. The van der Waals surface area contributed by atoms with E-state index in [0.717, 1.165) is 0 Å². The first-order chi connectivity index (χ1) is 2.64. The number of rotatable bonds is 1. The molecular formula is H2BO4S-. The SMILES string of the molecule is O=S([O-])B(O)O. The minimum Gasteiger partial charge on any atom is -0.777 e. The molecule has 0 aromatic carbocycles. The Morgan fingerprint density at radius 1 is 1.67 bits per heavy atom. The maximum Gasteiger partial charge on any atom is 0.544 e. The summed E-state index contributed by atoms with van der Waals surface area (Å²) in [4.78, 5) is 0. The smallest absolute Gasteiger partial charge is 0.544 e. The van der Waals surface area contributed by atoms with Crippen LogP contribution in [0.15, 0.2) is 0 Å². The fourth-order valence-electron chi connectivity index (χ4n) is 0. The van der Waals surface area contributed by atoms with Crippen molar-refractivity contribution in [3.8, 4) is 0 Å². The van der Waals surface area contributed by atoms with Gasteiger partial charge in [-0.05, 0) is 10.9 Å². The van der Waals surface area contributed by atoms with Crippen molar-refractivity contribution in [2.45, 2.75) is 0 Å². The van der Waals surface area contributed by atoms with Gasteiger partial charge in [-0.3, -0.25) is 4.21 Å². The van der Waals surface area contributed by atoms with Crippen LogP contribution in [0, 0.1) is 0 Å². The molecule has 6 heteroatoms. The predicted molar refractivity (Wildman–Crippen MR) is 19.1 cm³/mol. The molecule has 1 unspecified atom stereocenters. The van der Waals surface area contributed by atoms with Crippen LogP contribution >= 0.6 is 0 Å². The molecule has 4 nitrogen and oxygen atoms in total. The molecule has 0 aliphatic rings. The van der Waals surface area contributed by atoms with E-state index in [1.54, 1.807) is 0 Å². The zero-order valence-corrected chi connectivity index (χ0v) is 3.51. The Labute approximate surface area is 37.1 Å². The van der Waals surface area contributed by atoms with Crippen molar-refractivity contribution in [2.75, 3.05) is 0 Å². The fourth-order valence-corrected chi connectivity index (χ4v) is 0. The van der Waals surface area contributed by atoms with Crippen LogP contribution in [0.5, 0.6) is 0 Å². The molecule has 36 valence electrons. The van der Waals surface area contributed by atoms with Gasteiger partial charge in [0.1, 0.15) is 0 Å². The summed E-state index contributed by atoms with van der Waals surface area (Å²) in [7, 11) is -2.76. The van der Waals surface area contributed by atoms with E-state index in [-0.39, 0.29) is 0 Å². The molecule has 0 aliphatic heterocycles. The van der Waals surface area contributed by atoms with Gasteiger partial charge in [0.25, 0.3) is 0 Å². The van der Waals surface area contributed by atoms with E-state index in [2.05, 4.69) is 0 Å². The van der Waals surface area contributed by atoms with Crippen molar-refractivity contribution in [1.82, 2.24) is 0 Å². The second-order valence-electron chi connectivity index (χ2n) is 0.587. The van der Waals surface area contributed by atoms with Crippen molar-refractivity contribution in [3.05, 3.63) is 0 Å². The largest absolute Gasteiger partial charge is 0.777 e. The molecule has 0 amide bonds. The standard InChI is InChI=1S/BH3O4S/c2-1(3)6(4)5/h2-3H,(H,4,5)/p-1. The minimum atomic E-state index is -2.76. The summed E-state index contributed by atoms with van der Waals surface area (Å²) in [6, 6.07) is 0. The molecule has 0 heterocycles. The first-order valence-corrected chi connectivity index (χ1v) is 2.22. The molecule has 0 aromatic heterocycles. The second-order valence-corrected chi connectivity index (χ2v) is 1.53. The lowest BCUT2D eigenvalue weighted by Crippen LogP contribution is -2.18. The molecule has 0 radical (unpaired) electrons. The van der Waals surface area contributed by atoms with Crippen molar-refractivity contribution in [2.24, 2.45) is 0 Å². The molecule has 0 bridgehead atoms. The van der Waals surface area contributed by atoms with Crippen molar-refractivity contribution >= 4 is 17.3 Å². The molecule has 1 atom stereocenters. The van der Waals surface area contributed by atoms with E-state index in [1.807, 2.05) is 0 Å². The summed E-state index contributed by atoms with van der Waals surface area (Å²) in [6.45, 7) is 0. The van der Waals surface area contributed by atoms with Crippen LogP contribution < -0.4 is 0 Å². The summed E-state index contributed by atoms with van der Waals surface area (Å²) in [5, 5.41) is 15.1. The van der Waals surface area contributed by atoms with Gasteiger partial charge in [-0.25, -0.2) is 0 Å². The summed E-state index contributed by atoms with van der Waals surface area (Å²) >= 11 is 0. The highest BCUT2D eigenvalue weighted by atomic mass is 32.2. The Balaban J connectivity index is 3.26. The highest BCUT2D eigenvalue weighted by Crippen LogP contribution is 1.69.